The second kappa shape index (κ2) is 13.8. The van der Waals surface area contributed by atoms with Crippen molar-refractivity contribution in [2.24, 2.45) is 0 Å². The highest BCUT2D eigenvalue weighted by atomic mass is 16.7. The van der Waals surface area contributed by atoms with Gasteiger partial charge in [-0.15, -0.1) is 0 Å². The number of methoxy groups -OCH3 is 2. The van der Waals surface area contributed by atoms with Crippen LogP contribution in [0, 0.1) is 0 Å². The Kier molecular flexibility index (Phi) is 12.6. The molecule has 0 bridgehead atoms. The Morgan fingerprint density at radius 2 is 1.75 bits per heavy atom. The minimum atomic E-state index is -1.53. The zero-order chi connectivity index (χ0) is 21.1. The predicted octanol–water partition coefficient (Wildman–Crippen LogP) is -1.52. The summed E-state index contributed by atoms with van der Waals surface area (Å²) in [5, 5.41) is 60.2. The Balaban J connectivity index is 2.35. The third-order valence-corrected chi connectivity index (χ3v) is 4.85. The zero-order valence-electron chi connectivity index (χ0n) is 16.6. The summed E-state index contributed by atoms with van der Waals surface area (Å²) >= 11 is 0. The van der Waals surface area contributed by atoms with E-state index in [1.54, 1.807) is 0 Å². The van der Waals surface area contributed by atoms with Crippen LogP contribution in [0.1, 0.15) is 38.5 Å². The van der Waals surface area contributed by atoms with E-state index in [4.69, 9.17) is 18.9 Å². The van der Waals surface area contributed by atoms with Crippen molar-refractivity contribution in [3.63, 3.8) is 0 Å². The van der Waals surface area contributed by atoms with Crippen LogP contribution in [0.3, 0.4) is 0 Å². The molecule has 1 heterocycles. The fourth-order valence-electron chi connectivity index (χ4n) is 3.16. The van der Waals surface area contributed by atoms with Crippen LogP contribution < -0.4 is 0 Å². The van der Waals surface area contributed by atoms with Gasteiger partial charge >= 0.3 is 0 Å². The Labute approximate surface area is 165 Å². The summed E-state index contributed by atoms with van der Waals surface area (Å²) in [5.74, 6) is 0. The average Bonchev–Trinajstić information content (AvgIpc) is 2.67. The summed E-state index contributed by atoms with van der Waals surface area (Å²) in [6.07, 6.45) is -7.52. The summed E-state index contributed by atoms with van der Waals surface area (Å²) < 4.78 is 20.3. The molecule has 0 unspecified atom stereocenters. The van der Waals surface area contributed by atoms with Crippen LogP contribution in [-0.4, -0.2) is 107 Å². The molecular formula is C18H36O10. The molecule has 6 N–H and O–H groups in total. The molecule has 0 saturated carbocycles. The van der Waals surface area contributed by atoms with Crippen molar-refractivity contribution >= 4 is 0 Å². The molecule has 168 valence electrons. The molecule has 1 rings (SSSR count). The molecule has 10 nitrogen and oxygen atoms in total. The van der Waals surface area contributed by atoms with E-state index in [-0.39, 0.29) is 26.1 Å². The maximum Gasteiger partial charge on any atom is 0.160 e. The molecule has 0 aliphatic carbocycles. The molecule has 0 amide bonds. The number of hydrogen-bond acceptors (Lipinski definition) is 10. The Bertz CT molecular complexity index is 399. The summed E-state index contributed by atoms with van der Waals surface area (Å²) in [6.45, 7) is 0.718. The van der Waals surface area contributed by atoms with Gasteiger partial charge in [0.25, 0.3) is 0 Å². The minimum Gasteiger partial charge on any atom is -0.393 e. The molecule has 1 aliphatic heterocycles. The van der Waals surface area contributed by atoms with E-state index in [2.05, 4.69) is 0 Å². The van der Waals surface area contributed by atoms with Gasteiger partial charge in [0, 0.05) is 40.1 Å². The van der Waals surface area contributed by atoms with Gasteiger partial charge in [-0.25, -0.2) is 0 Å². The van der Waals surface area contributed by atoms with Gasteiger partial charge in [0.1, 0.15) is 19.0 Å². The second-order valence-corrected chi connectivity index (χ2v) is 7.19. The Morgan fingerprint density at radius 3 is 2.39 bits per heavy atom. The molecule has 10 heteroatoms. The van der Waals surface area contributed by atoms with Crippen molar-refractivity contribution in [3.8, 4) is 0 Å². The van der Waals surface area contributed by atoms with Crippen LogP contribution in [0.25, 0.3) is 0 Å². The quantitative estimate of drug-likeness (QED) is 0.146. The second-order valence-electron chi connectivity index (χ2n) is 7.19. The number of aliphatic hydroxyl groups is 6. The van der Waals surface area contributed by atoms with E-state index in [9.17, 15) is 30.6 Å². The van der Waals surface area contributed by atoms with E-state index >= 15 is 0 Å². The molecule has 1 saturated heterocycles. The van der Waals surface area contributed by atoms with E-state index in [0.29, 0.717) is 19.4 Å². The van der Waals surface area contributed by atoms with Crippen LogP contribution in [0.4, 0.5) is 0 Å². The normalized spacial score (nSPS) is 30.0. The zero-order valence-corrected chi connectivity index (χ0v) is 16.6. The standard InChI is InChI=1S/C18H36O10/c1-25-10-27-6-4-3-5-11(19)7-12(20)17(23)13(21)8-15-18(24)14(22)9-16(26-2)28-15/h11-24H,3-10H2,1-2H3/t11-,12+,13-,14-,15-,16+,17+,18+/m1/s1. The van der Waals surface area contributed by atoms with Gasteiger partial charge in [-0.1, -0.05) is 0 Å². The maximum absolute atomic E-state index is 10.2. The first-order valence-corrected chi connectivity index (χ1v) is 9.63. The van der Waals surface area contributed by atoms with Gasteiger partial charge in [0.05, 0.1) is 30.5 Å². The minimum absolute atomic E-state index is 0.0954. The molecule has 8 atom stereocenters. The molecule has 0 aromatic heterocycles. The molecular weight excluding hydrogens is 376 g/mol. The van der Waals surface area contributed by atoms with Crippen molar-refractivity contribution in [2.45, 2.75) is 87.5 Å². The molecule has 1 fully saturated rings. The third kappa shape index (κ3) is 8.95. The smallest absolute Gasteiger partial charge is 0.160 e. The first-order chi connectivity index (χ1) is 13.3. The number of unbranched alkanes of at least 4 members (excludes halogenated alkanes) is 1. The lowest BCUT2D eigenvalue weighted by Crippen LogP contribution is -2.51. The van der Waals surface area contributed by atoms with Gasteiger partial charge < -0.3 is 49.6 Å². The van der Waals surface area contributed by atoms with Crippen molar-refractivity contribution in [2.75, 3.05) is 27.6 Å². The van der Waals surface area contributed by atoms with E-state index in [1.165, 1.54) is 14.2 Å². The monoisotopic (exact) mass is 412 g/mol. The van der Waals surface area contributed by atoms with Gasteiger partial charge in [-0.05, 0) is 19.3 Å². The summed E-state index contributed by atoms with van der Waals surface area (Å²) in [7, 11) is 2.93. The maximum atomic E-state index is 10.2. The fourth-order valence-corrected chi connectivity index (χ4v) is 3.16. The average molecular weight is 412 g/mol. The van der Waals surface area contributed by atoms with Crippen LogP contribution in [0.5, 0.6) is 0 Å². The number of rotatable bonds is 14. The Hall–Kier alpha value is -0.400. The molecule has 28 heavy (non-hydrogen) atoms. The van der Waals surface area contributed by atoms with Gasteiger partial charge in [-0.2, -0.15) is 0 Å². The van der Waals surface area contributed by atoms with E-state index in [1.807, 2.05) is 0 Å². The highest BCUT2D eigenvalue weighted by molar-refractivity contribution is 4.87. The van der Waals surface area contributed by atoms with Crippen LogP contribution in [0.15, 0.2) is 0 Å². The highest BCUT2D eigenvalue weighted by Crippen LogP contribution is 2.25. The number of hydrogen-bond donors (Lipinski definition) is 6. The van der Waals surface area contributed by atoms with Crippen molar-refractivity contribution < 1.29 is 49.6 Å². The lowest BCUT2D eigenvalue weighted by atomic mass is 9.92. The lowest BCUT2D eigenvalue weighted by Gasteiger charge is -2.38. The van der Waals surface area contributed by atoms with E-state index in [0.717, 1.165) is 6.42 Å². The van der Waals surface area contributed by atoms with Crippen molar-refractivity contribution in [1.82, 2.24) is 0 Å². The highest BCUT2D eigenvalue weighted by Gasteiger charge is 2.39. The number of aliphatic hydroxyl groups excluding tert-OH is 6. The predicted molar refractivity (Wildman–Crippen MR) is 97.2 cm³/mol. The third-order valence-electron chi connectivity index (χ3n) is 4.85. The van der Waals surface area contributed by atoms with Crippen molar-refractivity contribution in [1.29, 1.82) is 0 Å². The largest absolute Gasteiger partial charge is 0.393 e. The fraction of sp³-hybridized carbons (Fsp3) is 1.00. The lowest BCUT2D eigenvalue weighted by molar-refractivity contribution is -0.250. The van der Waals surface area contributed by atoms with Gasteiger partial charge in [0.2, 0.25) is 0 Å². The van der Waals surface area contributed by atoms with Crippen LogP contribution in [-0.2, 0) is 18.9 Å². The van der Waals surface area contributed by atoms with Crippen molar-refractivity contribution in [3.05, 3.63) is 0 Å². The Morgan fingerprint density at radius 1 is 1.04 bits per heavy atom. The summed E-state index contributed by atoms with van der Waals surface area (Å²) in [4.78, 5) is 0. The molecule has 1 aliphatic rings. The first kappa shape index (κ1) is 25.6. The molecule has 0 aromatic rings. The van der Waals surface area contributed by atoms with Crippen LogP contribution >= 0.6 is 0 Å². The SMILES string of the molecule is COCOCCCC[C@@H](O)C[C@H](O)[C@H](O)[C@H](O)C[C@H]1O[C@H](OC)C[C@@H](O)[C@@H]1O. The summed E-state index contributed by atoms with van der Waals surface area (Å²) in [6, 6.07) is 0. The molecule has 0 aromatic carbocycles. The van der Waals surface area contributed by atoms with Crippen LogP contribution in [0.2, 0.25) is 0 Å². The van der Waals surface area contributed by atoms with E-state index < -0.39 is 49.0 Å². The topological polar surface area (TPSA) is 158 Å². The van der Waals surface area contributed by atoms with Gasteiger partial charge in [-0.3, -0.25) is 0 Å². The number of ether oxygens (including phenoxy) is 4. The first-order valence-electron chi connectivity index (χ1n) is 9.63. The molecule has 0 radical (unpaired) electrons. The molecule has 0 spiro atoms. The summed E-state index contributed by atoms with van der Waals surface area (Å²) in [5.41, 5.74) is 0. The van der Waals surface area contributed by atoms with Gasteiger partial charge in [0.15, 0.2) is 6.29 Å².